The number of halogens is 1. The molecule has 0 spiro atoms. The normalized spacial score (nSPS) is 50.5. The van der Waals surface area contributed by atoms with E-state index in [9.17, 15) is 0 Å². The summed E-state index contributed by atoms with van der Waals surface area (Å²) in [5, 5.41) is -0.800. The highest BCUT2D eigenvalue weighted by Gasteiger charge is 2.15. The highest BCUT2D eigenvalue weighted by atomic mass is 79.9. The molecule has 2 nitrogen and oxygen atoms in total. The van der Waals surface area contributed by atoms with Gasteiger partial charge in [-0.1, -0.05) is 0 Å². The van der Waals surface area contributed by atoms with E-state index in [4.69, 9.17) is 17.8 Å². The Bertz CT molecular complexity index is 698. The molecule has 1 aromatic heterocycles. The SMILES string of the molecule is [2H]c1sc(N2C([2H])([2H])C([2H])([2H])N(C([2H])([2H])[2H])C([2H])([2H])C2([2H])[2H])c([2H])c1Br. The van der Waals surface area contributed by atoms with E-state index in [0.717, 1.165) is 0 Å². The second-order valence-electron chi connectivity index (χ2n) is 2.07. The Morgan fingerprint density at radius 3 is 2.92 bits per heavy atom. The third-order valence-electron chi connectivity index (χ3n) is 1.20. The topological polar surface area (TPSA) is 6.48 Å². The van der Waals surface area contributed by atoms with Gasteiger partial charge in [-0.15, -0.1) is 11.3 Å². The van der Waals surface area contributed by atoms with E-state index < -0.39 is 48.9 Å². The Morgan fingerprint density at radius 2 is 2.38 bits per heavy atom. The number of rotatable bonds is 1. The second kappa shape index (κ2) is 3.98. The number of nitrogens with zero attached hydrogens (tertiary/aromatic N) is 2. The molecule has 1 saturated heterocycles. The lowest BCUT2D eigenvalue weighted by Gasteiger charge is -2.32. The molecule has 13 heavy (non-hydrogen) atoms. The van der Waals surface area contributed by atoms with Crippen molar-refractivity contribution < 1.29 is 17.8 Å². The molecule has 0 amide bonds. The van der Waals surface area contributed by atoms with Gasteiger partial charge in [-0.3, -0.25) is 0 Å². The summed E-state index contributed by atoms with van der Waals surface area (Å²) in [5.74, 6) is 0. The Hall–Kier alpha value is -0.0600. The van der Waals surface area contributed by atoms with E-state index in [1.807, 2.05) is 0 Å². The molecule has 1 fully saturated rings. The van der Waals surface area contributed by atoms with Crippen molar-refractivity contribution in [3.05, 3.63) is 15.9 Å². The molecule has 4 heteroatoms. The van der Waals surface area contributed by atoms with Crippen molar-refractivity contribution in [3.8, 4) is 0 Å². The van der Waals surface area contributed by atoms with Crippen molar-refractivity contribution >= 4 is 32.3 Å². The number of likely N-dealkylation sites (N-methyl/N-ethyl adjacent to an activating group) is 1. The standard InChI is InChI=1S/C9H13BrN2S/c1-11-2-4-12(5-3-11)9-6-8(10)7-13-9/h6-7H,2-5H2,1H3/i1D3,2D2,3D2,4D2,5D2,6D,7D. The van der Waals surface area contributed by atoms with E-state index in [0.29, 0.717) is 11.3 Å². The van der Waals surface area contributed by atoms with Crippen molar-refractivity contribution in [2.75, 3.05) is 37.9 Å². The van der Waals surface area contributed by atoms with Gasteiger partial charge in [0, 0.05) is 45.4 Å². The molecule has 0 aliphatic carbocycles. The molecule has 0 bridgehead atoms. The van der Waals surface area contributed by atoms with Crippen LogP contribution in [0.4, 0.5) is 5.00 Å². The van der Waals surface area contributed by atoms with Gasteiger partial charge in [0.15, 0.2) is 0 Å². The molecule has 0 saturated carbocycles. The van der Waals surface area contributed by atoms with Gasteiger partial charge in [0.1, 0.15) is 0 Å². The summed E-state index contributed by atoms with van der Waals surface area (Å²) in [5.41, 5.74) is 0. The van der Waals surface area contributed by atoms with E-state index >= 15 is 0 Å². The Morgan fingerprint density at radius 1 is 1.62 bits per heavy atom. The minimum Gasteiger partial charge on any atom is -0.361 e. The van der Waals surface area contributed by atoms with Crippen LogP contribution in [0.1, 0.15) is 17.8 Å². The van der Waals surface area contributed by atoms with Crippen LogP contribution < -0.4 is 4.90 Å². The monoisotopic (exact) mass is 273 g/mol. The maximum absolute atomic E-state index is 8.11. The van der Waals surface area contributed by atoms with Crippen LogP contribution in [-0.2, 0) is 0 Å². The lowest BCUT2D eigenvalue weighted by Crippen LogP contribution is -2.44. The maximum Gasteiger partial charge on any atom is 0.0921 e. The summed E-state index contributed by atoms with van der Waals surface area (Å²) >= 11 is 3.37. The summed E-state index contributed by atoms with van der Waals surface area (Å²) in [6.07, 6.45) is 0. The smallest absolute Gasteiger partial charge is 0.0921 e. The Balaban J connectivity index is 2.85. The van der Waals surface area contributed by atoms with Crippen LogP contribution >= 0.6 is 27.3 Å². The zero-order valence-corrected chi connectivity index (χ0v) is 8.58. The fourth-order valence-corrected chi connectivity index (χ4v) is 1.83. The third-order valence-corrected chi connectivity index (χ3v) is 2.65. The molecule has 72 valence electrons. The van der Waals surface area contributed by atoms with E-state index in [2.05, 4.69) is 15.9 Å². The maximum atomic E-state index is 8.11. The summed E-state index contributed by atoms with van der Waals surface area (Å²) in [6, 6.07) is -0.526. The first-order valence-electron chi connectivity index (χ1n) is 9.69. The van der Waals surface area contributed by atoms with Crippen LogP contribution in [0, 0.1) is 0 Å². The Labute approximate surface area is 110 Å². The van der Waals surface area contributed by atoms with Crippen LogP contribution in [-0.4, -0.2) is 37.9 Å². The molecule has 0 N–H and O–H groups in total. The van der Waals surface area contributed by atoms with Gasteiger partial charge in [0.2, 0.25) is 0 Å². The van der Waals surface area contributed by atoms with Crippen molar-refractivity contribution in [2.24, 2.45) is 0 Å². The first-order valence-corrected chi connectivity index (χ1v) is 4.80. The summed E-state index contributed by atoms with van der Waals surface area (Å²) < 4.78 is 102. The molecule has 2 heterocycles. The lowest BCUT2D eigenvalue weighted by molar-refractivity contribution is 0.313. The van der Waals surface area contributed by atoms with Gasteiger partial charge in [-0.25, -0.2) is 0 Å². The number of hydrogen-bond donors (Lipinski definition) is 0. The predicted molar refractivity (Wildman–Crippen MR) is 61.7 cm³/mol. The van der Waals surface area contributed by atoms with Crippen LogP contribution in [0.5, 0.6) is 0 Å². The number of hydrogen-bond acceptors (Lipinski definition) is 3. The number of anilines is 1. The highest BCUT2D eigenvalue weighted by molar-refractivity contribution is 9.10. The molecule has 1 aliphatic rings. The molecule has 0 radical (unpaired) electrons. The number of piperazine rings is 1. The summed E-state index contributed by atoms with van der Waals surface area (Å²) in [6.45, 7) is -17.3. The molecule has 2 rings (SSSR count). The zero-order chi connectivity index (χ0) is 20.7. The lowest BCUT2D eigenvalue weighted by atomic mass is 10.3. The number of thiophene rings is 1. The zero-order valence-electron chi connectivity index (χ0n) is 19.2. The highest BCUT2D eigenvalue weighted by Crippen LogP contribution is 2.28. The largest absolute Gasteiger partial charge is 0.361 e. The second-order valence-corrected chi connectivity index (χ2v) is 3.65. The average Bonchev–Trinajstić information content (AvgIpc) is 2.62. The molecule has 0 aromatic carbocycles. The van der Waals surface area contributed by atoms with E-state index in [1.165, 1.54) is 0 Å². The van der Waals surface area contributed by atoms with Crippen molar-refractivity contribution in [2.45, 2.75) is 0 Å². The molecule has 1 aromatic rings. The van der Waals surface area contributed by atoms with Crippen molar-refractivity contribution in [3.63, 3.8) is 0 Å². The minimum absolute atomic E-state index is 0.0814. The van der Waals surface area contributed by atoms with Crippen molar-refractivity contribution in [1.82, 2.24) is 4.90 Å². The van der Waals surface area contributed by atoms with Crippen LogP contribution in [0.2, 0.25) is 0 Å². The van der Waals surface area contributed by atoms with Crippen LogP contribution in [0.3, 0.4) is 0 Å². The van der Waals surface area contributed by atoms with Gasteiger partial charge in [-0.2, -0.15) is 0 Å². The molecule has 1 aliphatic heterocycles. The van der Waals surface area contributed by atoms with Gasteiger partial charge >= 0.3 is 0 Å². The van der Waals surface area contributed by atoms with Gasteiger partial charge < -0.3 is 9.80 Å². The van der Waals surface area contributed by atoms with Gasteiger partial charge in [-0.05, 0) is 28.9 Å². The quantitative estimate of drug-likeness (QED) is 0.775. The average molecular weight is 274 g/mol. The van der Waals surface area contributed by atoms with E-state index in [1.54, 1.807) is 0 Å². The summed E-state index contributed by atoms with van der Waals surface area (Å²) in [7, 11) is 0. The van der Waals surface area contributed by atoms with Crippen LogP contribution in [0.15, 0.2) is 15.9 Å². The van der Waals surface area contributed by atoms with Crippen molar-refractivity contribution in [1.29, 1.82) is 0 Å². The van der Waals surface area contributed by atoms with E-state index in [-0.39, 0.29) is 14.7 Å². The molecular weight excluding hydrogens is 248 g/mol. The molecular formula is C9H13BrN2S. The van der Waals surface area contributed by atoms with Gasteiger partial charge in [0.25, 0.3) is 0 Å². The fraction of sp³-hybridized carbons (Fsp3) is 0.556. The third kappa shape index (κ3) is 2.24. The molecule has 0 atom stereocenters. The fourth-order valence-electron chi connectivity index (χ4n) is 0.697. The summed E-state index contributed by atoms with van der Waals surface area (Å²) in [4.78, 5) is -0.352. The molecule has 0 unspecified atom stereocenters. The minimum atomic E-state index is -3.50. The first kappa shape index (κ1) is 2.54. The Kier molecular flexibility index (Phi) is 0.779. The van der Waals surface area contributed by atoms with Gasteiger partial charge in [0.05, 0.1) is 13.2 Å². The van der Waals surface area contributed by atoms with Crippen LogP contribution in [0.25, 0.3) is 0 Å². The predicted octanol–water partition coefficient (Wildman–Crippen LogP) is 2.26. The first-order chi connectivity index (χ1) is 11.3.